The topological polar surface area (TPSA) is 132 Å². The maximum Gasteiger partial charge on any atom is 0.246 e. The summed E-state index contributed by atoms with van der Waals surface area (Å²) in [5.74, 6) is -5.80. The Bertz CT molecular complexity index is 2640. The number of nitrogens with zero attached hydrogens (tertiary/aromatic N) is 5. The standard InChI is InChI=1S/C47H39BrClN5O6/c1-52(2)31-16-12-29(13-17-31)50-51-30-14-18-32(19-15-30)53-43(56)35-21-20-34-36(40(35)45(53)58)25-38-44(57)54(33-11-7-10-28(49)24-33)46(59)47(38,26-8-5-4-6-9-26)41(34)37-22-27(48)23-39(60-3)42(37)55/h4-20,22-24,35-36,38,40-41,55H,21,25H2,1-3H3. The van der Waals surface area contributed by atoms with Crippen molar-refractivity contribution in [3.63, 3.8) is 0 Å². The smallest absolute Gasteiger partial charge is 0.246 e. The van der Waals surface area contributed by atoms with Gasteiger partial charge in [-0.05, 0) is 103 Å². The van der Waals surface area contributed by atoms with Crippen LogP contribution in [0.5, 0.6) is 11.5 Å². The van der Waals surface area contributed by atoms with Gasteiger partial charge < -0.3 is 14.7 Å². The Morgan fingerprint density at radius 3 is 2.12 bits per heavy atom. The van der Waals surface area contributed by atoms with Gasteiger partial charge >= 0.3 is 0 Å². The number of hydrogen-bond donors (Lipinski definition) is 1. The third kappa shape index (κ3) is 6.14. The number of phenols is 1. The average molecular weight is 885 g/mol. The molecule has 6 unspecified atom stereocenters. The third-order valence-electron chi connectivity index (χ3n) is 12.5. The molecule has 0 spiro atoms. The number of aromatic hydroxyl groups is 1. The SMILES string of the molecule is COc1cc(Br)cc(C2C3=CCC4C(=O)N(c5ccc(N=Nc6ccc(N(C)C)cc6)cc5)C(=O)C4C3CC3C(=O)N(c4cccc(Cl)c4)C(=O)C32c2ccccc2)c1O. The average Bonchev–Trinajstić information content (AvgIpc) is 3.64. The highest BCUT2D eigenvalue weighted by molar-refractivity contribution is 9.10. The second kappa shape index (κ2) is 15.2. The lowest BCUT2D eigenvalue weighted by atomic mass is 9.49. The highest BCUT2D eigenvalue weighted by Crippen LogP contribution is 2.66. The van der Waals surface area contributed by atoms with Crippen LogP contribution in [-0.2, 0) is 24.6 Å². The first kappa shape index (κ1) is 39.4. The molecule has 5 aromatic carbocycles. The summed E-state index contributed by atoms with van der Waals surface area (Å²) < 4.78 is 6.20. The van der Waals surface area contributed by atoms with Gasteiger partial charge in [0.05, 0.1) is 53.0 Å². The van der Waals surface area contributed by atoms with Crippen molar-refractivity contribution in [1.29, 1.82) is 0 Å². The van der Waals surface area contributed by atoms with Gasteiger partial charge in [-0.2, -0.15) is 10.2 Å². The van der Waals surface area contributed by atoms with Crippen LogP contribution >= 0.6 is 27.5 Å². The number of benzene rings is 5. The number of amides is 4. The molecule has 0 radical (unpaired) electrons. The van der Waals surface area contributed by atoms with Crippen LogP contribution in [-0.4, -0.2) is 49.9 Å². The fraction of sp³-hybridized carbons (Fsp3) is 0.234. The quantitative estimate of drug-likeness (QED) is 0.0933. The van der Waals surface area contributed by atoms with Gasteiger partial charge in [0.2, 0.25) is 23.6 Å². The number of ether oxygens (including phenoxy) is 1. The number of carbonyl (C=O) groups excluding carboxylic acids is 4. The fourth-order valence-electron chi connectivity index (χ4n) is 9.91. The summed E-state index contributed by atoms with van der Waals surface area (Å²) >= 11 is 10.0. The molecule has 11 nitrogen and oxygen atoms in total. The Morgan fingerprint density at radius 2 is 1.47 bits per heavy atom. The Balaban J connectivity index is 1.14. The summed E-state index contributed by atoms with van der Waals surface area (Å²) in [5, 5.41) is 21.1. The van der Waals surface area contributed by atoms with E-state index in [9.17, 15) is 14.7 Å². The van der Waals surface area contributed by atoms with Crippen LogP contribution < -0.4 is 19.4 Å². The van der Waals surface area contributed by atoms with Crippen LogP contribution in [0.4, 0.5) is 28.4 Å². The molecule has 1 N–H and O–H groups in total. The van der Waals surface area contributed by atoms with Crippen LogP contribution in [0.1, 0.15) is 29.9 Å². The molecule has 2 heterocycles. The summed E-state index contributed by atoms with van der Waals surface area (Å²) in [6, 6.07) is 33.6. The second-order valence-corrected chi connectivity index (χ2v) is 17.1. The molecule has 2 saturated heterocycles. The van der Waals surface area contributed by atoms with E-state index in [2.05, 4.69) is 26.2 Å². The van der Waals surface area contributed by atoms with E-state index in [1.54, 1.807) is 60.7 Å². The first-order chi connectivity index (χ1) is 28.9. The first-order valence-electron chi connectivity index (χ1n) is 19.6. The van der Waals surface area contributed by atoms with Crippen molar-refractivity contribution in [2.75, 3.05) is 35.9 Å². The molecule has 3 fully saturated rings. The van der Waals surface area contributed by atoms with Crippen molar-refractivity contribution in [2.24, 2.45) is 33.9 Å². The van der Waals surface area contributed by atoms with E-state index in [-0.39, 0.29) is 36.2 Å². The Labute approximate surface area is 360 Å². The minimum atomic E-state index is -1.57. The van der Waals surface area contributed by atoms with E-state index in [4.69, 9.17) is 16.3 Å². The van der Waals surface area contributed by atoms with Gasteiger partial charge in [0.1, 0.15) is 0 Å². The molecule has 1 saturated carbocycles. The van der Waals surface area contributed by atoms with Crippen molar-refractivity contribution < 1.29 is 29.0 Å². The van der Waals surface area contributed by atoms with Gasteiger partial charge in [0.15, 0.2) is 11.5 Å². The van der Waals surface area contributed by atoms with E-state index < -0.39 is 46.8 Å². The lowest BCUT2D eigenvalue weighted by Crippen LogP contribution is -2.53. The maximum absolute atomic E-state index is 15.5. The molecule has 2 aliphatic carbocycles. The van der Waals surface area contributed by atoms with Gasteiger partial charge in [-0.3, -0.25) is 24.1 Å². The van der Waals surface area contributed by atoms with Gasteiger partial charge in [-0.25, -0.2) is 4.90 Å². The molecule has 4 amide bonds. The largest absolute Gasteiger partial charge is 0.504 e. The Hall–Kier alpha value is -6.11. The monoisotopic (exact) mass is 883 g/mol. The second-order valence-electron chi connectivity index (χ2n) is 15.8. The molecule has 9 rings (SSSR count). The zero-order valence-corrected chi connectivity index (χ0v) is 35.2. The highest BCUT2D eigenvalue weighted by Gasteiger charge is 2.70. The normalized spacial score (nSPS) is 24.7. The molecule has 0 aromatic heterocycles. The minimum absolute atomic E-state index is 0.105. The molecule has 13 heteroatoms. The predicted octanol–water partition coefficient (Wildman–Crippen LogP) is 9.67. The van der Waals surface area contributed by atoms with E-state index >= 15 is 9.59 Å². The zero-order valence-electron chi connectivity index (χ0n) is 32.8. The molecule has 302 valence electrons. The van der Waals surface area contributed by atoms with Crippen molar-refractivity contribution in [3.05, 3.63) is 148 Å². The number of phenolic OH excluding ortho intramolecular Hbond substituents is 1. The molecule has 6 atom stereocenters. The molecule has 60 heavy (non-hydrogen) atoms. The number of fused-ring (bicyclic) bond motifs is 4. The van der Waals surface area contributed by atoms with E-state index in [0.717, 1.165) is 5.69 Å². The number of azo groups is 1. The van der Waals surface area contributed by atoms with Crippen LogP contribution in [0.25, 0.3) is 0 Å². The molecule has 5 aromatic rings. The number of hydrogen-bond acceptors (Lipinski definition) is 9. The lowest BCUT2D eigenvalue weighted by Gasteiger charge is -2.50. The van der Waals surface area contributed by atoms with E-state index in [0.29, 0.717) is 48.9 Å². The number of allylic oxidation sites excluding steroid dienone is 2. The molecular formula is C47H39BrClN5O6. The molecule has 2 aliphatic heterocycles. The van der Waals surface area contributed by atoms with E-state index in [1.165, 1.54) is 16.9 Å². The first-order valence-corrected chi connectivity index (χ1v) is 20.7. The van der Waals surface area contributed by atoms with Crippen LogP contribution in [0, 0.1) is 23.7 Å². The number of rotatable bonds is 8. The highest BCUT2D eigenvalue weighted by atomic mass is 79.9. The van der Waals surface area contributed by atoms with Gasteiger partial charge in [-0.1, -0.05) is 75.6 Å². The molecule has 0 bridgehead atoms. The van der Waals surface area contributed by atoms with Crippen molar-refractivity contribution in [3.8, 4) is 11.5 Å². The Morgan fingerprint density at radius 1 is 0.783 bits per heavy atom. The number of halogens is 2. The summed E-state index contributed by atoms with van der Waals surface area (Å²) in [5.41, 5.74) is 3.05. The summed E-state index contributed by atoms with van der Waals surface area (Å²) in [6.45, 7) is 0. The minimum Gasteiger partial charge on any atom is -0.504 e. The molecular weight excluding hydrogens is 846 g/mol. The zero-order chi connectivity index (χ0) is 42.0. The fourth-order valence-corrected chi connectivity index (χ4v) is 10.6. The van der Waals surface area contributed by atoms with Crippen LogP contribution in [0.2, 0.25) is 5.02 Å². The summed E-state index contributed by atoms with van der Waals surface area (Å²) in [4.78, 5) is 64.2. The van der Waals surface area contributed by atoms with Gasteiger partial charge in [-0.15, -0.1) is 0 Å². The number of anilines is 3. The maximum atomic E-state index is 15.5. The number of carbonyl (C=O) groups is 4. The van der Waals surface area contributed by atoms with Crippen LogP contribution in [0.15, 0.2) is 142 Å². The third-order valence-corrected chi connectivity index (χ3v) is 13.2. The summed E-state index contributed by atoms with van der Waals surface area (Å²) in [7, 11) is 5.36. The van der Waals surface area contributed by atoms with Crippen molar-refractivity contribution >= 4 is 79.6 Å². The van der Waals surface area contributed by atoms with Crippen LogP contribution in [0.3, 0.4) is 0 Å². The van der Waals surface area contributed by atoms with E-state index in [1.807, 2.05) is 79.7 Å². The number of methoxy groups -OCH3 is 1. The van der Waals surface area contributed by atoms with Gasteiger partial charge in [0, 0.05) is 40.8 Å². The lowest BCUT2D eigenvalue weighted by molar-refractivity contribution is -0.127. The van der Waals surface area contributed by atoms with Crippen molar-refractivity contribution in [1.82, 2.24) is 0 Å². The summed E-state index contributed by atoms with van der Waals surface area (Å²) in [6.07, 6.45) is 2.27. The predicted molar refractivity (Wildman–Crippen MR) is 232 cm³/mol. The van der Waals surface area contributed by atoms with Crippen molar-refractivity contribution in [2.45, 2.75) is 24.2 Å². The van der Waals surface area contributed by atoms with Gasteiger partial charge in [0.25, 0.3) is 0 Å². The molecule has 4 aliphatic rings. The Kier molecular flexibility index (Phi) is 9.95. The number of imide groups is 2.